The van der Waals surface area contributed by atoms with Crippen molar-refractivity contribution >= 4 is 12.2 Å². The molecule has 1 fully saturated rings. The highest BCUT2D eigenvalue weighted by Gasteiger charge is 2.45. The maximum Gasteiger partial charge on any atom is 0.431 e. The van der Waals surface area contributed by atoms with Crippen molar-refractivity contribution in [1.29, 1.82) is 0 Å². The van der Waals surface area contributed by atoms with E-state index in [0.717, 1.165) is 10.0 Å². The van der Waals surface area contributed by atoms with Crippen LogP contribution in [0.1, 0.15) is 6.92 Å². The Morgan fingerprint density at radius 1 is 1.27 bits per heavy atom. The highest BCUT2D eigenvalue weighted by Crippen LogP contribution is 2.21. The molecule has 86 valence electrons. The van der Waals surface area contributed by atoms with Gasteiger partial charge >= 0.3 is 12.2 Å². The first kappa shape index (κ1) is 11.6. The lowest BCUT2D eigenvalue weighted by molar-refractivity contribution is -0.217. The van der Waals surface area contributed by atoms with Gasteiger partial charge in [-0.05, 0) is 6.92 Å². The summed E-state index contributed by atoms with van der Waals surface area (Å²) < 4.78 is 14.2. The van der Waals surface area contributed by atoms with Crippen molar-refractivity contribution in [1.82, 2.24) is 10.0 Å². The minimum Gasteiger partial charge on any atom is -0.452 e. The predicted octanol–water partition coefficient (Wildman–Crippen LogP) is 0.414. The van der Waals surface area contributed by atoms with E-state index in [9.17, 15) is 9.59 Å². The SMILES string of the molecule is CCOC1CN(C(=O)OC)N1C(=O)OC. The summed E-state index contributed by atoms with van der Waals surface area (Å²) in [4.78, 5) is 22.5. The zero-order chi connectivity index (χ0) is 11.4. The van der Waals surface area contributed by atoms with E-state index in [1.54, 1.807) is 6.92 Å². The van der Waals surface area contributed by atoms with Gasteiger partial charge in [0.1, 0.15) is 0 Å². The molecule has 1 saturated heterocycles. The minimum absolute atomic E-state index is 0.287. The molecule has 15 heavy (non-hydrogen) atoms. The van der Waals surface area contributed by atoms with E-state index in [2.05, 4.69) is 9.47 Å². The van der Waals surface area contributed by atoms with Gasteiger partial charge in [-0.3, -0.25) is 0 Å². The van der Waals surface area contributed by atoms with E-state index in [0.29, 0.717) is 6.61 Å². The van der Waals surface area contributed by atoms with E-state index in [1.807, 2.05) is 0 Å². The number of hydrogen-bond acceptors (Lipinski definition) is 5. The zero-order valence-electron chi connectivity index (χ0n) is 8.93. The standard InChI is InChI=1S/C8H14N2O5/c1-4-15-6-5-9(7(11)13-2)10(6)8(12)14-3/h6H,4-5H2,1-3H3. The highest BCUT2D eigenvalue weighted by atomic mass is 16.6. The molecule has 2 amide bonds. The molecule has 0 aromatic rings. The van der Waals surface area contributed by atoms with Crippen molar-refractivity contribution in [3.05, 3.63) is 0 Å². The van der Waals surface area contributed by atoms with Gasteiger partial charge in [-0.15, -0.1) is 0 Å². The zero-order valence-corrected chi connectivity index (χ0v) is 8.93. The van der Waals surface area contributed by atoms with Crippen LogP contribution in [-0.4, -0.2) is 55.8 Å². The highest BCUT2D eigenvalue weighted by molar-refractivity contribution is 5.76. The Morgan fingerprint density at radius 2 is 1.87 bits per heavy atom. The predicted molar refractivity (Wildman–Crippen MR) is 48.8 cm³/mol. The molecular formula is C8H14N2O5. The normalized spacial score (nSPS) is 19.5. The van der Waals surface area contributed by atoms with Crippen LogP contribution in [-0.2, 0) is 14.2 Å². The second-order valence-corrected chi connectivity index (χ2v) is 2.78. The van der Waals surface area contributed by atoms with Crippen LogP contribution >= 0.6 is 0 Å². The summed E-state index contributed by atoms with van der Waals surface area (Å²) >= 11 is 0. The summed E-state index contributed by atoms with van der Waals surface area (Å²) in [6, 6.07) is 0. The summed E-state index contributed by atoms with van der Waals surface area (Å²) in [6.07, 6.45) is -1.72. The molecule has 7 heteroatoms. The fourth-order valence-corrected chi connectivity index (χ4v) is 1.27. The van der Waals surface area contributed by atoms with E-state index in [1.165, 1.54) is 14.2 Å². The van der Waals surface area contributed by atoms with E-state index < -0.39 is 18.4 Å². The lowest BCUT2D eigenvalue weighted by atomic mass is 10.4. The summed E-state index contributed by atoms with van der Waals surface area (Å²) in [6.45, 7) is 2.54. The summed E-state index contributed by atoms with van der Waals surface area (Å²) in [7, 11) is 2.48. The summed E-state index contributed by atoms with van der Waals surface area (Å²) in [5.41, 5.74) is 0. The molecule has 1 heterocycles. The molecule has 0 bridgehead atoms. The van der Waals surface area contributed by atoms with E-state index >= 15 is 0 Å². The first-order chi connectivity index (χ1) is 7.15. The van der Waals surface area contributed by atoms with Gasteiger partial charge in [0.15, 0.2) is 6.23 Å². The van der Waals surface area contributed by atoms with Gasteiger partial charge in [-0.2, -0.15) is 5.01 Å². The van der Waals surface area contributed by atoms with Gasteiger partial charge in [0.05, 0.1) is 20.8 Å². The van der Waals surface area contributed by atoms with Crippen LogP contribution in [0, 0.1) is 0 Å². The van der Waals surface area contributed by atoms with Crippen LogP contribution in [0.15, 0.2) is 0 Å². The van der Waals surface area contributed by atoms with Crippen LogP contribution < -0.4 is 0 Å². The van der Waals surface area contributed by atoms with Crippen LogP contribution in [0.2, 0.25) is 0 Å². The molecular weight excluding hydrogens is 204 g/mol. The van der Waals surface area contributed by atoms with Crippen molar-refractivity contribution in [2.45, 2.75) is 13.2 Å². The maximum absolute atomic E-state index is 11.3. The molecule has 0 saturated carbocycles. The number of carbonyl (C=O) groups is 2. The fourth-order valence-electron chi connectivity index (χ4n) is 1.27. The number of amides is 2. The molecule has 0 aromatic carbocycles. The lowest BCUT2D eigenvalue weighted by Gasteiger charge is -2.47. The molecule has 1 rings (SSSR count). The van der Waals surface area contributed by atoms with Gasteiger partial charge in [0.2, 0.25) is 0 Å². The first-order valence-corrected chi connectivity index (χ1v) is 4.49. The Morgan fingerprint density at radius 3 is 2.33 bits per heavy atom. The lowest BCUT2D eigenvalue weighted by Crippen LogP contribution is -2.69. The molecule has 0 aliphatic carbocycles. The molecule has 7 nitrogen and oxygen atoms in total. The average molecular weight is 218 g/mol. The molecule has 1 unspecified atom stereocenters. The smallest absolute Gasteiger partial charge is 0.431 e. The third-order valence-corrected chi connectivity index (χ3v) is 1.97. The second kappa shape index (κ2) is 4.83. The van der Waals surface area contributed by atoms with E-state index in [-0.39, 0.29) is 6.54 Å². The second-order valence-electron chi connectivity index (χ2n) is 2.78. The minimum atomic E-state index is -0.648. The Balaban J connectivity index is 2.63. The Bertz CT molecular complexity index is 257. The fraction of sp³-hybridized carbons (Fsp3) is 0.750. The number of hydrogen-bond donors (Lipinski definition) is 0. The molecule has 1 atom stereocenters. The van der Waals surface area contributed by atoms with Crippen molar-refractivity contribution < 1.29 is 23.8 Å². The molecule has 0 spiro atoms. The maximum atomic E-state index is 11.3. The van der Waals surface area contributed by atoms with Crippen LogP contribution in [0.5, 0.6) is 0 Å². The topological polar surface area (TPSA) is 68.3 Å². The Hall–Kier alpha value is -1.50. The molecule has 0 aromatic heterocycles. The quantitative estimate of drug-likeness (QED) is 0.671. The number of nitrogens with zero attached hydrogens (tertiary/aromatic N) is 2. The van der Waals surface area contributed by atoms with Crippen LogP contribution in [0.3, 0.4) is 0 Å². The molecule has 1 aliphatic rings. The van der Waals surface area contributed by atoms with Crippen molar-refractivity contribution in [2.24, 2.45) is 0 Å². The van der Waals surface area contributed by atoms with Gasteiger partial charge in [0, 0.05) is 6.61 Å². The van der Waals surface area contributed by atoms with Crippen LogP contribution in [0.4, 0.5) is 9.59 Å². The van der Waals surface area contributed by atoms with Gasteiger partial charge in [0.25, 0.3) is 0 Å². The number of carbonyl (C=O) groups excluding carboxylic acids is 2. The first-order valence-electron chi connectivity index (χ1n) is 4.49. The Kier molecular flexibility index (Phi) is 3.73. The van der Waals surface area contributed by atoms with Crippen molar-refractivity contribution in [3.8, 4) is 0 Å². The summed E-state index contributed by atoms with van der Waals surface area (Å²) in [5.74, 6) is 0. The van der Waals surface area contributed by atoms with Crippen molar-refractivity contribution in [2.75, 3.05) is 27.4 Å². The number of rotatable bonds is 2. The number of methoxy groups -OCH3 is 2. The average Bonchev–Trinajstić information content (AvgIpc) is 2.22. The number of hydrazine groups is 1. The third kappa shape index (κ3) is 2.12. The Labute approximate surface area is 87.4 Å². The largest absolute Gasteiger partial charge is 0.452 e. The van der Waals surface area contributed by atoms with Gasteiger partial charge in [-0.1, -0.05) is 0 Å². The summed E-state index contributed by atoms with van der Waals surface area (Å²) in [5, 5.41) is 2.20. The van der Waals surface area contributed by atoms with Gasteiger partial charge < -0.3 is 14.2 Å². The van der Waals surface area contributed by atoms with Crippen molar-refractivity contribution in [3.63, 3.8) is 0 Å². The third-order valence-electron chi connectivity index (χ3n) is 1.97. The van der Waals surface area contributed by atoms with Crippen LogP contribution in [0.25, 0.3) is 0 Å². The monoisotopic (exact) mass is 218 g/mol. The molecule has 0 radical (unpaired) electrons. The molecule has 1 aliphatic heterocycles. The molecule has 0 N–H and O–H groups in total. The number of ether oxygens (including phenoxy) is 3. The van der Waals surface area contributed by atoms with Gasteiger partial charge in [-0.25, -0.2) is 14.6 Å². The van der Waals surface area contributed by atoms with E-state index in [4.69, 9.17) is 4.74 Å².